The van der Waals surface area contributed by atoms with Crippen molar-refractivity contribution in [2.24, 2.45) is 11.3 Å². The van der Waals surface area contributed by atoms with Crippen LogP contribution in [0.2, 0.25) is 0 Å². The second kappa shape index (κ2) is 4.24. The molecule has 0 N–H and O–H groups in total. The predicted octanol–water partition coefficient (Wildman–Crippen LogP) is 2.75. The third-order valence-corrected chi connectivity index (χ3v) is 3.81. The molecule has 0 spiro atoms. The van der Waals surface area contributed by atoms with Crippen molar-refractivity contribution in [1.29, 1.82) is 0 Å². The summed E-state index contributed by atoms with van der Waals surface area (Å²) >= 11 is 0. The van der Waals surface area contributed by atoms with Crippen molar-refractivity contribution in [3.05, 3.63) is 0 Å². The molecule has 2 nitrogen and oxygen atoms in total. The van der Waals surface area contributed by atoms with Gasteiger partial charge in [0.25, 0.3) is 0 Å². The maximum Gasteiger partial charge on any atom is 0.136 e. The minimum atomic E-state index is -0.0000463. The van der Waals surface area contributed by atoms with Crippen molar-refractivity contribution in [1.82, 2.24) is 0 Å². The number of carbonyl (C=O) groups excluding carboxylic acids is 2. The molecule has 0 radical (unpaired) electrons. The minimum Gasteiger partial charge on any atom is -0.300 e. The van der Waals surface area contributed by atoms with Gasteiger partial charge in [0, 0.05) is 25.2 Å². The molecular formula is C12H20O2. The summed E-state index contributed by atoms with van der Waals surface area (Å²) in [5.41, 5.74) is 0.0852. The van der Waals surface area contributed by atoms with Crippen LogP contribution in [0.15, 0.2) is 0 Å². The molecule has 2 atom stereocenters. The van der Waals surface area contributed by atoms with Crippen LogP contribution in [0, 0.1) is 11.3 Å². The maximum absolute atomic E-state index is 11.6. The molecule has 0 aliphatic heterocycles. The Bertz CT molecular complexity index is 245. The summed E-state index contributed by atoms with van der Waals surface area (Å²) in [6.45, 7) is 6.12. The lowest BCUT2D eigenvalue weighted by Crippen LogP contribution is -2.27. The second-order valence-corrected chi connectivity index (χ2v) is 4.62. The lowest BCUT2D eigenvalue weighted by atomic mass is 9.75. The van der Waals surface area contributed by atoms with Crippen LogP contribution in [0.1, 0.15) is 52.9 Å². The molecular weight excluding hydrogens is 176 g/mol. The van der Waals surface area contributed by atoms with Crippen molar-refractivity contribution in [2.75, 3.05) is 0 Å². The van der Waals surface area contributed by atoms with Gasteiger partial charge in [-0.25, -0.2) is 0 Å². The molecule has 0 aromatic rings. The standard InChI is InChI=1S/C12H20O2/c1-4-9(13)8-10-11(14)6-7-12(10,3)5-2/h10H,4-8H2,1-3H3/t10?,12-/m0/s1. The van der Waals surface area contributed by atoms with Crippen molar-refractivity contribution in [3.8, 4) is 0 Å². The highest BCUT2D eigenvalue weighted by Crippen LogP contribution is 2.45. The largest absolute Gasteiger partial charge is 0.300 e. The fraction of sp³-hybridized carbons (Fsp3) is 0.833. The van der Waals surface area contributed by atoms with E-state index >= 15 is 0 Å². The van der Waals surface area contributed by atoms with Gasteiger partial charge in [0.1, 0.15) is 11.6 Å². The SMILES string of the molecule is CCC(=O)CC1C(=O)CC[C@]1(C)CC. The molecule has 1 rings (SSSR count). The highest BCUT2D eigenvalue weighted by atomic mass is 16.1. The summed E-state index contributed by atoms with van der Waals surface area (Å²) in [5, 5.41) is 0. The fourth-order valence-corrected chi connectivity index (χ4v) is 2.30. The van der Waals surface area contributed by atoms with E-state index < -0.39 is 0 Å². The van der Waals surface area contributed by atoms with Gasteiger partial charge in [-0.1, -0.05) is 27.2 Å². The summed E-state index contributed by atoms with van der Waals surface area (Å²) in [6.07, 6.45) is 3.67. The molecule has 2 heteroatoms. The number of rotatable bonds is 4. The van der Waals surface area contributed by atoms with E-state index in [2.05, 4.69) is 13.8 Å². The van der Waals surface area contributed by atoms with Crippen LogP contribution in [0.4, 0.5) is 0 Å². The lowest BCUT2D eigenvalue weighted by Gasteiger charge is -2.28. The van der Waals surface area contributed by atoms with E-state index in [1.807, 2.05) is 6.92 Å². The van der Waals surface area contributed by atoms with Crippen molar-refractivity contribution in [3.63, 3.8) is 0 Å². The number of hydrogen-bond donors (Lipinski definition) is 0. The summed E-state index contributed by atoms with van der Waals surface area (Å²) in [4.78, 5) is 23.0. The Morgan fingerprint density at radius 1 is 1.50 bits per heavy atom. The van der Waals surface area contributed by atoms with E-state index in [1.54, 1.807) is 0 Å². The quantitative estimate of drug-likeness (QED) is 0.692. The topological polar surface area (TPSA) is 34.1 Å². The van der Waals surface area contributed by atoms with Crippen molar-refractivity contribution < 1.29 is 9.59 Å². The van der Waals surface area contributed by atoms with Crippen LogP contribution < -0.4 is 0 Å². The smallest absolute Gasteiger partial charge is 0.136 e. The molecule has 0 bridgehead atoms. The zero-order valence-corrected chi connectivity index (χ0v) is 9.43. The van der Waals surface area contributed by atoms with E-state index in [-0.39, 0.29) is 17.1 Å². The number of carbonyl (C=O) groups is 2. The zero-order valence-electron chi connectivity index (χ0n) is 9.43. The third-order valence-electron chi connectivity index (χ3n) is 3.81. The Morgan fingerprint density at radius 2 is 2.14 bits per heavy atom. The van der Waals surface area contributed by atoms with Gasteiger partial charge in [-0.05, 0) is 11.8 Å². The van der Waals surface area contributed by atoms with Crippen LogP contribution in [0.3, 0.4) is 0 Å². The zero-order chi connectivity index (χ0) is 10.8. The van der Waals surface area contributed by atoms with Gasteiger partial charge < -0.3 is 0 Å². The Kier molecular flexibility index (Phi) is 3.46. The van der Waals surface area contributed by atoms with E-state index in [0.717, 1.165) is 12.8 Å². The molecule has 0 amide bonds. The first kappa shape index (κ1) is 11.4. The Morgan fingerprint density at radius 3 is 2.64 bits per heavy atom. The highest BCUT2D eigenvalue weighted by Gasteiger charge is 2.43. The minimum absolute atomic E-state index is 0.0000463. The van der Waals surface area contributed by atoms with Crippen LogP contribution in [-0.4, -0.2) is 11.6 Å². The van der Waals surface area contributed by atoms with E-state index in [9.17, 15) is 9.59 Å². The van der Waals surface area contributed by atoms with Crippen LogP contribution in [0.25, 0.3) is 0 Å². The lowest BCUT2D eigenvalue weighted by molar-refractivity contribution is -0.128. The van der Waals surface area contributed by atoms with Crippen LogP contribution >= 0.6 is 0 Å². The van der Waals surface area contributed by atoms with Gasteiger partial charge in [-0.3, -0.25) is 9.59 Å². The van der Waals surface area contributed by atoms with Crippen molar-refractivity contribution >= 4 is 11.6 Å². The van der Waals surface area contributed by atoms with Crippen molar-refractivity contribution in [2.45, 2.75) is 52.9 Å². The first-order valence-corrected chi connectivity index (χ1v) is 5.58. The van der Waals surface area contributed by atoms with Crippen LogP contribution in [0.5, 0.6) is 0 Å². The normalized spacial score (nSPS) is 32.2. The average molecular weight is 196 g/mol. The van der Waals surface area contributed by atoms with Gasteiger partial charge in [-0.2, -0.15) is 0 Å². The first-order valence-electron chi connectivity index (χ1n) is 5.58. The van der Waals surface area contributed by atoms with Gasteiger partial charge in [0.2, 0.25) is 0 Å². The summed E-state index contributed by atoms with van der Waals surface area (Å²) in [7, 11) is 0. The summed E-state index contributed by atoms with van der Waals surface area (Å²) in [6, 6.07) is 0. The monoisotopic (exact) mass is 196 g/mol. The van der Waals surface area contributed by atoms with Gasteiger partial charge in [0.05, 0.1) is 0 Å². The third kappa shape index (κ3) is 2.05. The average Bonchev–Trinajstić information content (AvgIpc) is 2.47. The number of hydrogen-bond acceptors (Lipinski definition) is 2. The second-order valence-electron chi connectivity index (χ2n) is 4.62. The molecule has 1 aliphatic carbocycles. The molecule has 1 saturated carbocycles. The summed E-state index contributed by atoms with van der Waals surface area (Å²) < 4.78 is 0. The molecule has 80 valence electrons. The Balaban J connectivity index is 2.72. The van der Waals surface area contributed by atoms with E-state index in [1.165, 1.54) is 0 Å². The summed E-state index contributed by atoms with van der Waals surface area (Å²) in [5.74, 6) is 0.529. The van der Waals surface area contributed by atoms with E-state index in [4.69, 9.17) is 0 Å². The molecule has 0 heterocycles. The predicted molar refractivity (Wildman–Crippen MR) is 56.0 cm³/mol. The Hall–Kier alpha value is -0.660. The number of ketones is 2. The van der Waals surface area contributed by atoms with Crippen LogP contribution in [-0.2, 0) is 9.59 Å². The molecule has 1 aliphatic rings. The fourth-order valence-electron chi connectivity index (χ4n) is 2.30. The molecule has 14 heavy (non-hydrogen) atoms. The first-order chi connectivity index (χ1) is 6.53. The number of Topliss-reactive ketones (excluding diaryl/α,β-unsaturated/α-hetero) is 2. The van der Waals surface area contributed by atoms with Gasteiger partial charge in [-0.15, -0.1) is 0 Å². The van der Waals surface area contributed by atoms with E-state index in [0.29, 0.717) is 25.0 Å². The molecule has 1 fully saturated rings. The molecule has 0 saturated heterocycles. The Labute approximate surface area is 86.1 Å². The molecule has 0 aromatic carbocycles. The maximum atomic E-state index is 11.6. The molecule has 0 aromatic heterocycles. The van der Waals surface area contributed by atoms with Gasteiger partial charge >= 0.3 is 0 Å². The molecule has 1 unspecified atom stereocenters. The van der Waals surface area contributed by atoms with Gasteiger partial charge in [0.15, 0.2) is 0 Å². The highest BCUT2D eigenvalue weighted by molar-refractivity contribution is 5.90.